The summed E-state index contributed by atoms with van der Waals surface area (Å²) in [5.41, 5.74) is 2.00. The highest BCUT2D eigenvalue weighted by Crippen LogP contribution is 2.18. The monoisotopic (exact) mass is 217 g/mol. The highest BCUT2D eigenvalue weighted by Gasteiger charge is 2.12. The molecule has 2 rings (SSSR count). The second-order valence-electron chi connectivity index (χ2n) is 3.63. The minimum atomic E-state index is -0.825. The normalized spacial score (nSPS) is 12.6. The summed E-state index contributed by atoms with van der Waals surface area (Å²) >= 11 is 0. The summed E-state index contributed by atoms with van der Waals surface area (Å²) < 4.78 is 0. The maximum Gasteiger partial charge on any atom is 0.304 e. The van der Waals surface area contributed by atoms with Crippen molar-refractivity contribution in [3.63, 3.8) is 0 Å². The topological polar surface area (TPSA) is 76.0 Å². The van der Waals surface area contributed by atoms with Crippen LogP contribution < -0.4 is 0 Å². The van der Waals surface area contributed by atoms with Crippen molar-refractivity contribution in [1.82, 2.24) is 15.0 Å². The molecule has 1 atom stereocenters. The van der Waals surface area contributed by atoms with Crippen molar-refractivity contribution in [3.05, 3.63) is 30.2 Å². The van der Waals surface area contributed by atoms with Crippen LogP contribution in [-0.2, 0) is 4.79 Å². The molecule has 82 valence electrons. The van der Waals surface area contributed by atoms with Crippen molar-refractivity contribution < 1.29 is 9.90 Å². The molecule has 5 nitrogen and oxygen atoms in total. The summed E-state index contributed by atoms with van der Waals surface area (Å²) in [5.74, 6) is -0.947. The lowest BCUT2D eigenvalue weighted by Crippen LogP contribution is -2.05. The van der Waals surface area contributed by atoms with Crippen LogP contribution in [0.3, 0.4) is 0 Å². The van der Waals surface area contributed by atoms with E-state index in [2.05, 4.69) is 15.0 Å². The molecule has 0 radical (unpaired) electrons. The predicted octanol–water partition coefficient (Wildman–Crippen LogP) is 1.60. The summed E-state index contributed by atoms with van der Waals surface area (Å²) in [6.45, 7) is 1.83. The molecule has 2 aromatic heterocycles. The SMILES string of the molecule is CC(CC(=O)O)c1ccc2nccnc2n1. The van der Waals surface area contributed by atoms with Gasteiger partial charge in [-0.05, 0) is 12.1 Å². The third-order valence-corrected chi connectivity index (χ3v) is 2.34. The van der Waals surface area contributed by atoms with Gasteiger partial charge in [-0.2, -0.15) is 0 Å². The van der Waals surface area contributed by atoms with E-state index in [0.29, 0.717) is 11.2 Å². The van der Waals surface area contributed by atoms with Gasteiger partial charge >= 0.3 is 5.97 Å². The fourth-order valence-corrected chi connectivity index (χ4v) is 1.51. The molecule has 0 aromatic carbocycles. The summed E-state index contributed by atoms with van der Waals surface area (Å²) in [6, 6.07) is 3.60. The van der Waals surface area contributed by atoms with Gasteiger partial charge in [-0.3, -0.25) is 9.78 Å². The lowest BCUT2D eigenvalue weighted by Gasteiger charge is -2.07. The number of rotatable bonds is 3. The van der Waals surface area contributed by atoms with E-state index in [-0.39, 0.29) is 12.3 Å². The summed E-state index contributed by atoms with van der Waals surface area (Å²) in [6.07, 6.45) is 3.24. The fraction of sp³-hybridized carbons (Fsp3) is 0.273. The molecule has 1 unspecified atom stereocenters. The third-order valence-electron chi connectivity index (χ3n) is 2.34. The smallest absolute Gasteiger partial charge is 0.304 e. The summed E-state index contributed by atoms with van der Waals surface area (Å²) in [5, 5.41) is 8.70. The van der Waals surface area contributed by atoms with Gasteiger partial charge in [0.25, 0.3) is 0 Å². The molecule has 0 bridgehead atoms. The summed E-state index contributed by atoms with van der Waals surface area (Å²) in [4.78, 5) is 23.1. The van der Waals surface area contributed by atoms with E-state index in [9.17, 15) is 4.79 Å². The number of carboxylic acids is 1. The van der Waals surface area contributed by atoms with E-state index in [4.69, 9.17) is 5.11 Å². The van der Waals surface area contributed by atoms with Gasteiger partial charge in [0.2, 0.25) is 0 Å². The number of carbonyl (C=O) groups is 1. The van der Waals surface area contributed by atoms with E-state index in [1.165, 1.54) is 0 Å². The van der Waals surface area contributed by atoms with E-state index < -0.39 is 5.97 Å². The average Bonchev–Trinajstić information content (AvgIpc) is 2.27. The number of hydrogen-bond donors (Lipinski definition) is 1. The third kappa shape index (κ3) is 2.13. The highest BCUT2D eigenvalue weighted by atomic mass is 16.4. The minimum Gasteiger partial charge on any atom is -0.481 e. The number of carboxylic acid groups (broad SMARTS) is 1. The number of hydrogen-bond acceptors (Lipinski definition) is 4. The van der Waals surface area contributed by atoms with Crippen LogP contribution in [0.4, 0.5) is 0 Å². The number of fused-ring (bicyclic) bond motifs is 1. The Hall–Kier alpha value is -2.04. The van der Waals surface area contributed by atoms with Crippen LogP contribution in [0.5, 0.6) is 0 Å². The van der Waals surface area contributed by atoms with Crippen LogP contribution in [0, 0.1) is 0 Å². The Balaban J connectivity index is 2.35. The maximum atomic E-state index is 10.6. The largest absolute Gasteiger partial charge is 0.481 e. The molecule has 5 heteroatoms. The first-order valence-corrected chi connectivity index (χ1v) is 4.96. The first kappa shape index (κ1) is 10.5. The molecular formula is C11H11N3O2. The Morgan fingerprint density at radius 3 is 2.88 bits per heavy atom. The van der Waals surface area contributed by atoms with Gasteiger partial charge in [-0.15, -0.1) is 0 Å². The zero-order valence-corrected chi connectivity index (χ0v) is 8.79. The molecule has 2 aromatic rings. The molecular weight excluding hydrogens is 206 g/mol. The Morgan fingerprint density at radius 1 is 1.38 bits per heavy atom. The number of aliphatic carboxylic acids is 1. The van der Waals surface area contributed by atoms with Crippen LogP contribution in [0.25, 0.3) is 11.2 Å². The Bertz CT molecular complexity index is 527. The van der Waals surface area contributed by atoms with E-state index in [1.807, 2.05) is 13.0 Å². The molecule has 0 aliphatic heterocycles. The number of aromatic nitrogens is 3. The highest BCUT2D eigenvalue weighted by molar-refractivity contribution is 5.70. The first-order valence-electron chi connectivity index (χ1n) is 4.96. The van der Waals surface area contributed by atoms with Crippen molar-refractivity contribution in [2.45, 2.75) is 19.3 Å². The van der Waals surface area contributed by atoms with Crippen LogP contribution in [0.1, 0.15) is 25.0 Å². The zero-order chi connectivity index (χ0) is 11.5. The van der Waals surface area contributed by atoms with Crippen molar-refractivity contribution in [2.75, 3.05) is 0 Å². The average molecular weight is 217 g/mol. The quantitative estimate of drug-likeness (QED) is 0.845. The van der Waals surface area contributed by atoms with Crippen LogP contribution >= 0.6 is 0 Å². The van der Waals surface area contributed by atoms with Crippen molar-refractivity contribution >= 4 is 17.1 Å². The molecule has 0 aliphatic carbocycles. The summed E-state index contributed by atoms with van der Waals surface area (Å²) in [7, 11) is 0. The van der Waals surface area contributed by atoms with E-state index >= 15 is 0 Å². The van der Waals surface area contributed by atoms with Gasteiger partial charge < -0.3 is 5.11 Å². The van der Waals surface area contributed by atoms with Crippen molar-refractivity contribution in [2.24, 2.45) is 0 Å². The van der Waals surface area contributed by atoms with Crippen LogP contribution in [0.15, 0.2) is 24.5 Å². The van der Waals surface area contributed by atoms with Crippen molar-refractivity contribution in [3.8, 4) is 0 Å². The van der Waals surface area contributed by atoms with E-state index in [1.54, 1.807) is 18.5 Å². The number of nitrogens with zero attached hydrogens (tertiary/aromatic N) is 3. The molecule has 0 spiro atoms. The van der Waals surface area contributed by atoms with Gasteiger partial charge in [0.15, 0.2) is 5.65 Å². The van der Waals surface area contributed by atoms with Gasteiger partial charge in [0.1, 0.15) is 5.52 Å². The van der Waals surface area contributed by atoms with E-state index in [0.717, 1.165) is 5.69 Å². The molecule has 0 amide bonds. The zero-order valence-electron chi connectivity index (χ0n) is 8.79. The van der Waals surface area contributed by atoms with Crippen molar-refractivity contribution in [1.29, 1.82) is 0 Å². The Labute approximate surface area is 92.2 Å². The number of pyridine rings is 1. The van der Waals surface area contributed by atoms with Gasteiger partial charge in [0, 0.05) is 24.0 Å². The molecule has 16 heavy (non-hydrogen) atoms. The van der Waals surface area contributed by atoms with Gasteiger partial charge in [0.05, 0.1) is 6.42 Å². The van der Waals surface area contributed by atoms with Gasteiger partial charge in [-0.25, -0.2) is 9.97 Å². The molecule has 1 N–H and O–H groups in total. The van der Waals surface area contributed by atoms with Crippen LogP contribution in [0.2, 0.25) is 0 Å². The van der Waals surface area contributed by atoms with Crippen LogP contribution in [-0.4, -0.2) is 26.0 Å². The molecule has 0 saturated heterocycles. The Kier molecular flexibility index (Phi) is 2.76. The van der Waals surface area contributed by atoms with Gasteiger partial charge in [-0.1, -0.05) is 6.92 Å². The molecule has 0 fully saturated rings. The standard InChI is InChI=1S/C11H11N3O2/c1-7(6-10(15)16)8-2-3-9-11(14-8)13-5-4-12-9/h2-5,7H,6H2,1H3,(H,15,16). The second-order valence-corrected chi connectivity index (χ2v) is 3.63. The predicted molar refractivity (Wildman–Crippen MR) is 58.0 cm³/mol. The second kappa shape index (κ2) is 4.22. The maximum absolute atomic E-state index is 10.6. The molecule has 0 aliphatic rings. The molecule has 0 saturated carbocycles. The lowest BCUT2D eigenvalue weighted by molar-refractivity contribution is -0.137. The lowest BCUT2D eigenvalue weighted by atomic mass is 10.0. The first-order chi connectivity index (χ1) is 7.66. The fourth-order valence-electron chi connectivity index (χ4n) is 1.51. The minimum absolute atomic E-state index is 0.0682. The molecule has 2 heterocycles. The Morgan fingerprint density at radius 2 is 2.12 bits per heavy atom.